The SMILES string of the molecule is CCOCc1ccc(CNC(=O)COc2ccccc2Cc2ccccc2)cc1. The molecule has 0 spiro atoms. The van der Waals surface area contributed by atoms with Gasteiger partial charge in [0.05, 0.1) is 6.61 Å². The molecule has 1 N–H and O–H groups in total. The van der Waals surface area contributed by atoms with Crippen molar-refractivity contribution in [1.82, 2.24) is 5.32 Å². The Bertz CT molecular complexity index is 891. The Morgan fingerprint density at radius 1 is 0.828 bits per heavy atom. The second kappa shape index (κ2) is 11.0. The van der Waals surface area contributed by atoms with Gasteiger partial charge in [0, 0.05) is 19.6 Å². The number of para-hydroxylation sites is 1. The van der Waals surface area contributed by atoms with E-state index in [0.717, 1.165) is 28.9 Å². The van der Waals surface area contributed by atoms with Gasteiger partial charge in [0.15, 0.2) is 6.61 Å². The van der Waals surface area contributed by atoms with Gasteiger partial charge in [-0.25, -0.2) is 0 Å². The summed E-state index contributed by atoms with van der Waals surface area (Å²) in [7, 11) is 0. The molecule has 0 aliphatic rings. The summed E-state index contributed by atoms with van der Waals surface area (Å²) in [5.41, 5.74) is 4.44. The molecule has 0 aliphatic heterocycles. The fourth-order valence-corrected chi connectivity index (χ4v) is 2.97. The van der Waals surface area contributed by atoms with Gasteiger partial charge < -0.3 is 14.8 Å². The van der Waals surface area contributed by atoms with E-state index in [1.807, 2.05) is 73.7 Å². The molecule has 0 aromatic heterocycles. The first kappa shape index (κ1) is 20.6. The molecule has 150 valence electrons. The number of hydrogen-bond donors (Lipinski definition) is 1. The highest BCUT2D eigenvalue weighted by atomic mass is 16.5. The van der Waals surface area contributed by atoms with Gasteiger partial charge in [-0.2, -0.15) is 0 Å². The molecule has 3 aromatic rings. The van der Waals surface area contributed by atoms with Crippen LogP contribution in [0.15, 0.2) is 78.9 Å². The number of rotatable bonds is 10. The van der Waals surface area contributed by atoms with E-state index in [1.54, 1.807) is 0 Å². The van der Waals surface area contributed by atoms with Gasteiger partial charge in [0.25, 0.3) is 5.91 Å². The maximum Gasteiger partial charge on any atom is 0.258 e. The van der Waals surface area contributed by atoms with Gasteiger partial charge in [-0.1, -0.05) is 72.8 Å². The van der Waals surface area contributed by atoms with Crippen LogP contribution >= 0.6 is 0 Å². The van der Waals surface area contributed by atoms with Crippen molar-refractivity contribution in [2.45, 2.75) is 26.5 Å². The lowest BCUT2D eigenvalue weighted by molar-refractivity contribution is -0.123. The molecule has 3 rings (SSSR count). The summed E-state index contributed by atoms with van der Waals surface area (Å²) >= 11 is 0. The molecule has 3 aromatic carbocycles. The number of carbonyl (C=O) groups is 1. The maximum atomic E-state index is 12.2. The number of nitrogens with one attached hydrogen (secondary N) is 1. The van der Waals surface area contributed by atoms with Gasteiger partial charge >= 0.3 is 0 Å². The normalized spacial score (nSPS) is 10.5. The Labute approximate surface area is 172 Å². The van der Waals surface area contributed by atoms with Crippen molar-refractivity contribution < 1.29 is 14.3 Å². The zero-order chi connectivity index (χ0) is 20.3. The summed E-state index contributed by atoms with van der Waals surface area (Å²) < 4.78 is 11.2. The van der Waals surface area contributed by atoms with Crippen LogP contribution in [0.25, 0.3) is 0 Å². The summed E-state index contributed by atoms with van der Waals surface area (Å²) in [5.74, 6) is 0.602. The molecule has 0 saturated heterocycles. The molecule has 29 heavy (non-hydrogen) atoms. The largest absolute Gasteiger partial charge is 0.483 e. The lowest BCUT2D eigenvalue weighted by Crippen LogP contribution is -2.28. The van der Waals surface area contributed by atoms with E-state index in [0.29, 0.717) is 19.8 Å². The molecule has 1 amide bonds. The fraction of sp³-hybridized carbons (Fsp3) is 0.240. The molecule has 0 radical (unpaired) electrons. The molecular weight excluding hydrogens is 362 g/mol. The van der Waals surface area contributed by atoms with Crippen LogP contribution in [0, 0.1) is 0 Å². The zero-order valence-corrected chi connectivity index (χ0v) is 16.8. The lowest BCUT2D eigenvalue weighted by Gasteiger charge is -2.12. The highest BCUT2D eigenvalue weighted by Gasteiger charge is 2.07. The quantitative estimate of drug-likeness (QED) is 0.555. The van der Waals surface area contributed by atoms with E-state index in [1.165, 1.54) is 5.56 Å². The molecule has 0 aliphatic carbocycles. The van der Waals surface area contributed by atoms with Crippen LogP contribution in [0.5, 0.6) is 5.75 Å². The molecule has 0 fully saturated rings. The minimum atomic E-state index is -0.141. The summed E-state index contributed by atoms with van der Waals surface area (Å²) in [6.07, 6.45) is 0.771. The molecular formula is C25H27NO3. The molecule has 0 unspecified atom stereocenters. The minimum Gasteiger partial charge on any atom is -0.483 e. The van der Waals surface area contributed by atoms with E-state index in [4.69, 9.17) is 9.47 Å². The zero-order valence-electron chi connectivity index (χ0n) is 16.8. The summed E-state index contributed by atoms with van der Waals surface area (Å²) in [6.45, 7) is 3.76. The van der Waals surface area contributed by atoms with Gasteiger partial charge in [0.1, 0.15) is 5.75 Å². The van der Waals surface area contributed by atoms with Crippen molar-refractivity contribution in [1.29, 1.82) is 0 Å². The second-order valence-electron chi connectivity index (χ2n) is 6.79. The van der Waals surface area contributed by atoms with Crippen LogP contribution in [0.1, 0.15) is 29.2 Å². The predicted octanol–water partition coefficient (Wildman–Crippen LogP) is 4.51. The van der Waals surface area contributed by atoms with E-state index < -0.39 is 0 Å². The Hall–Kier alpha value is -3.11. The van der Waals surface area contributed by atoms with Crippen molar-refractivity contribution >= 4 is 5.91 Å². The first-order valence-electron chi connectivity index (χ1n) is 9.91. The highest BCUT2D eigenvalue weighted by molar-refractivity contribution is 5.77. The molecule has 4 heteroatoms. The second-order valence-corrected chi connectivity index (χ2v) is 6.79. The highest BCUT2D eigenvalue weighted by Crippen LogP contribution is 2.21. The number of ether oxygens (including phenoxy) is 2. The Kier molecular flexibility index (Phi) is 7.84. The van der Waals surface area contributed by atoms with Crippen LogP contribution in [0.3, 0.4) is 0 Å². The smallest absolute Gasteiger partial charge is 0.258 e. The van der Waals surface area contributed by atoms with Crippen molar-refractivity contribution in [2.24, 2.45) is 0 Å². The first-order valence-corrected chi connectivity index (χ1v) is 9.91. The third-order valence-corrected chi connectivity index (χ3v) is 4.55. The number of amides is 1. The number of benzene rings is 3. The average molecular weight is 389 g/mol. The molecule has 0 heterocycles. The van der Waals surface area contributed by atoms with Crippen molar-refractivity contribution in [2.75, 3.05) is 13.2 Å². The molecule has 4 nitrogen and oxygen atoms in total. The van der Waals surface area contributed by atoms with Gasteiger partial charge in [-0.3, -0.25) is 4.79 Å². The van der Waals surface area contributed by atoms with Gasteiger partial charge in [-0.05, 0) is 35.2 Å². The minimum absolute atomic E-state index is 0.00573. The van der Waals surface area contributed by atoms with Crippen LogP contribution in [0.2, 0.25) is 0 Å². The fourth-order valence-electron chi connectivity index (χ4n) is 2.97. The van der Waals surface area contributed by atoms with Crippen molar-refractivity contribution in [3.8, 4) is 5.75 Å². The van der Waals surface area contributed by atoms with Crippen LogP contribution in [0.4, 0.5) is 0 Å². The third-order valence-electron chi connectivity index (χ3n) is 4.55. The topological polar surface area (TPSA) is 47.6 Å². The standard InChI is InChI=1S/C25H27NO3/c1-2-28-18-22-14-12-21(13-15-22)17-26-25(27)19-29-24-11-7-6-10-23(24)16-20-8-4-3-5-9-20/h3-15H,2,16-19H2,1H3,(H,26,27). The van der Waals surface area contributed by atoms with Crippen molar-refractivity contribution in [3.63, 3.8) is 0 Å². The van der Waals surface area contributed by atoms with E-state index in [-0.39, 0.29) is 12.5 Å². The third kappa shape index (κ3) is 6.77. The van der Waals surface area contributed by atoms with Crippen LogP contribution < -0.4 is 10.1 Å². The van der Waals surface area contributed by atoms with Gasteiger partial charge in [0.2, 0.25) is 0 Å². The lowest BCUT2D eigenvalue weighted by atomic mass is 10.0. The van der Waals surface area contributed by atoms with E-state index in [9.17, 15) is 4.79 Å². The average Bonchev–Trinajstić information content (AvgIpc) is 2.77. The van der Waals surface area contributed by atoms with Crippen LogP contribution in [-0.2, 0) is 29.1 Å². The Morgan fingerprint density at radius 3 is 2.28 bits per heavy atom. The van der Waals surface area contributed by atoms with E-state index >= 15 is 0 Å². The Morgan fingerprint density at radius 2 is 1.52 bits per heavy atom. The monoisotopic (exact) mass is 389 g/mol. The summed E-state index contributed by atoms with van der Waals surface area (Å²) in [4.78, 5) is 12.2. The summed E-state index contributed by atoms with van der Waals surface area (Å²) in [6, 6.07) is 26.1. The molecule has 0 bridgehead atoms. The first-order chi connectivity index (χ1) is 14.2. The van der Waals surface area contributed by atoms with Crippen molar-refractivity contribution in [3.05, 3.63) is 101 Å². The molecule has 0 atom stereocenters. The van der Waals surface area contributed by atoms with Crippen LogP contribution in [-0.4, -0.2) is 19.1 Å². The Balaban J connectivity index is 1.48. The maximum absolute atomic E-state index is 12.2. The summed E-state index contributed by atoms with van der Waals surface area (Å²) in [5, 5.41) is 2.91. The molecule has 0 saturated carbocycles. The predicted molar refractivity (Wildman–Crippen MR) is 115 cm³/mol. The number of hydrogen-bond acceptors (Lipinski definition) is 3. The van der Waals surface area contributed by atoms with Gasteiger partial charge in [-0.15, -0.1) is 0 Å². The number of carbonyl (C=O) groups excluding carboxylic acids is 1. The van der Waals surface area contributed by atoms with E-state index in [2.05, 4.69) is 17.4 Å².